The normalized spacial score (nSPS) is 10.7. The van der Waals surface area contributed by atoms with E-state index in [0.29, 0.717) is 5.69 Å². The van der Waals surface area contributed by atoms with Gasteiger partial charge in [-0.05, 0) is 24.1 Å². The van der Waals surface area contributed by atoms with E-state index >= 15 is 0 Å². The number of hydrogen-bond donors (Lipinski definition) is 2. The summed E-state index contributed by atoms with van der Waals surface area (Å²) in [6.07, 6.45) is 2.66. The SMILES string of the molecule is CCc1cc(Br)cc2c(NC)c(N)cnc12. The summed E-state index contributed by atoms with van der Waals surface area (Å²) in [6.45, 7) is 2.12. The van der Waals surface area contributed by atoms with Crippen molar-refractivity contribution in [3.8, 4) is 0 Å². The summed E-state index contributed by atoms with van der Waals surface area (Å²) >= 11 is 3.52. The number of nitrogen functional groups attached to an aromatic ring is 1. The molecular weight excluding hydrogens is 266 g/mol. The second kappa shape index (κ2) is 4.29. The van der Waals surface area contributed by atoms with E-state index in [9.17, 15) is 0 Å². The van der Waals surface area contributed by atoms with Crippen molar-refractivity contribution in [3.63, 3.8) is 0 Å². The molecule has 0 aliphatic heterocycles. The predicted octanol–water partition coefficient (Wildman–Crippen LogP) is 3.18. The average molecular weight is 280 g/mol. The van der Waals surface area contributed by atoms with Crippen LogP contribution in [0.5, 0.6) is 0 Å². The van der Waals surface area contributed by atoms with Crippen molar-refractivity contribution in [2.75, 3.05) is 18.1 Å². The summed E-state index contributed by atoms with van der Waals surface area (Å²) in [5, 5.41) is 4.19. The van der Waals surface area contributed by atoms with Crippen LogP contribution in [0.1, 0.15) is 12.5 Å². The Kier molecular flexibility index (Phi) is 3.01. The first kappa shape index (κ1) is 11.2. The van der Waals surface area contributed by atoms with Gasteiger partial charge < -0.3 is 11.1 Å². The van der Waals surface area contributed by atoms with Gasteiger partial charge in [0.2, 0.25) is 0 Å². The maximum Gasteiger partial charge on any atom is 0.0757 e. The fraction of sp³-hybridized carbons (Fsp3) is 0.250. The lowest BCUT2D eigenvalue weighted by molar-refractivity contribution is 1.14. The molecule has 0 saturated carbocycles. The van der Waals surface area contributed by atoms with Gasteiger partial charge in [0, 0.05) is 16.9 Å². The molecule has 84 valence electrons. The number of pyridine rings is 1. The lowest BCUT2D eigenvalue weighted by Crippen LogP contribution is -1.99. The molecule has 0 saturated heterocycles. The molecule has 0 bridgehead atoms. The van der Waals surface area contributed by atoms with Crippen molar-refractivity contribution in [3.05, 3.63) is 28.4 Å². The molecule has 0 unspecified atom stereocenters. The Morgan fingerprint density at radius 2 is 2.19 bits per heavy atom. The smallest absolute Gasteiger partial charge is 0.0757 e. The molecule has 0 aliphatic rings. The van der Waals surface area contributed by atoms with Crippen LogP contribution in [-0.4, -0.2) is 12.0 Å². The summed E-state index contributed by atoms with van der Waals surface area (Å²) in [5.41, 5.74) is 9.76. The van der Waals surface area contributed by atoms with E-state index in [2.05, 4.69) is 39.2 Å². The zero-order chi connectivity index (χ0) is 11.7. The maximum absolute atomic E-state index is 5.90. The van der Waals surface area contributed by atoms with Crippen LogP contribution in [0, 0.1) is 0 Å². The molecule has 4 heteroatoms. The number of hydrogen-bond acceptors (Lipinski definition) is 3. The first-order chi connectivity index (χ1) is 7.67. The van der Waals surface area contributed by atoms with Gasteiger partial charge in [-0.2, -0.15) is 0 Å². The highest BCUT2D eigenvalue weighted by Crippen LogP contribution is 2.32. The quantitative estimate of drug-likeness (QED) is 0.888. The summed E-state index contributed by atoms with van der Waals surface area (Å²) in [4.78, 5) is 4.42. The highest BCUT2D eigenvalue weighted by molar-refractivity contribution is 9.10. The second-order valence-electron chi connectivity index (χ2n) is 3.65. The fourth-order valence-electron chi connectivity index (χ4n) is 1.90. The number of halogens is 1. The number of fused-ring (bicyclic) bond motifs is 1. The molecule has 0 aliphatic carbocycles. The summed E-state index contributed by atoms with van der Waals surface area (Å²) in [6, 6.07) is 4.15. The number of rotatable bonds is 2. The van der Waals surface area contributed by atoms with E-state index in [1.807, 2.05) is 13.1 Å². The predicted molar refractivity (Wildman–Crippen MR) is 72.8 cm³/mol. The number of aryl methyl sites for hydroxylation is 1. The number of nitrogens with one attached hydrogen (secondary N) is 1. The molecule has 2 aromatic rings. The zero-order valence-corrected chi connectivity index (χ0v) is 10.9. The van der Waals surface area contributed by atoms with Crippen LogP contribution in [0.15, 0.2) is 22.8 Å². The zero-order valence-electron chi connectivity index (χ0n) is 9.34. The first-order valence-corrected chi connectivity index (χ1v) is 6.01. The average Bonchev–Trinajstić information content (AvgIpc) is 2.27. The Morgan fingerprint density at radius 1 is 1.44 bits per heavy atom. The molecule has 0 atom stereocenters. The van der Waals surface area contributed by atoms with E-state index in [1.54, 1.807) is 6.20 Å². The molecule has 1 aromatic carbocycles. The Balaban J connectivity index is 2.87. The van der Waals surface area contributed by atoms with Gasteiger partial charge in [-0.25, -0.2) is 0 Å². The molecule has 1 aromatic heterocycles. The van der Waals surface area contributed by atoms with E-state index in [0.717, 1.165) is 27.5 Å². The Morgan fingerprint density at radius 3 is 2.81 bits per heavy atom. The molecule has 2 rings (SSSR count). The number of nitrogens with zero attached hydrogens (tertiary/aromatic N) is 1. The van der Waals surface area contributed by atoms with Gasteiger partial charge in [0.15, 0.2) is 0 Å². The molecule has 1 heterocycles. The minimum atomic E-state index is 0.676. The topological polar surface area (TPSA) is 50.9 Å². The highest BCUT2D eigenvalue weighted by atomic mass is 79.9. The van der Waals surface area contributed by atoms with E-state index < -0.39 is 0 Å². The monoisotopic (exact) mass is 279 g/mol. The fourth-order valence-corrected chi connectivity index (χ4v) is 2.41. The van der Waals surface area contributed by atoms with Crippen LogP contribution < -0.4 is 11.1 Å². The van der Waals surface area contributed by atoms with Crippen molar-refractivity contribution in [1.29, 1.82) is 0 Å². The summed E-state index contributed by atoms with van der Waals surface area (Å²) < 4.78 is 1.06. The van der Waals surface area contributed by atoms with Gasteiger partial charge in [0.25, 0.3) is 0 Å². The Labute approximate surface area is 103 Å². The third-order valence-electron chi connectivity index (χ3n) is 2.68. The number of nitrogens with two attached hydrogens (primary N) is 1. The van der Waals surface area contributed by atoms with E-state index in [-0.39, 0.29) is 0 Å². The van der Waals surface area contributed by atoms with E-state index in [1.165, 1.54) is 5.56 Å². The molecule has 0 fully saturated rings. The van der Waals surface area contributed by atoms with Crippen molar-refractivity contribution in [2.45, 2.75) is 13.3 Å². The molecule has 0 radical (unpaired) electrons. The minimum Gasteiger partial charge on any atom is -0.396 e. The molecule has 3 N–H and O–H groups in total. The standard InChI is InChI=1S/C12H14BrN3/c1-3-7-4-8(13)5-9-11(7)16-6-10(14)12(9)15-2/h4-6H,3,14H2,1-2H3,(H,15,16). The molecule has 0 spiro atoms. The summed E-state index contributed by atoms with van der Waals surface area (Å²) in [5.74, 6) is 0. The third kappa shape index (κ3) is 1.73. The number of aromatic nitrogens is 1. The molecule has 3 nitrogen and oxygen atoms in total. The van der Waals surface area contributed by atoms with Crippen LogP contribution in [-0.2, 0) is 6.42 Å². The van der Waals surface area contributed by atoms with Crippen LogP contribution >= 0.6 is 15.9 Å². The van der Waals surface area contributed by atoms with Gasteiger partial charge in [-0.1, -0.05) is 22.9 Å². The van der Waals surface area contributed by atoms with Crippen LogP contribution in [0.2, 0.25) is 0 Å². The first-order valence-electron chi connectivity index (χ1n) is 5.21. The van der Waals surface area contributed by atoms with Crippen molar-refractivity contribution in [1.82, 2.24) is 4.98 Å². The summed E-state index contributed by atoms with van der Waals surface area (Å²) in [7, 11) is 1.87. The van der Waals surface area contributed by atoms with Crippen LogP contribution in [0.3, 0.4) is 0 Å². The maximum atomic E-state index is 5.90. The van der Waals surface area contributed by atoms with Gasteiger partial charge in [-0.3, -0.25) is 4.98 Å². The Hall–Kier alpha value is -1.29. The van der Waals surface area contributed by atoms with Crippen molar-refractivity contribution in [2.24, 2.45) is 0 Å². The molecule has 16 heavy (non-hydrogen) atoms. The highest BCUT2D eigenvalue weighted by Gasteiger charge is 2.09. The lowest BCUT2D eigenvalue weighted by atomic mass is 10.1. The second-order valence-corrected chi connectivity index (χ2v) is 4.57. The largest absolute Gasteiger partial charge is 0.396 e. The van der Waals surface area contributed by atoms with Gasteiger partial charge in [0.05, 0.1) is 23.1 Å². The molecular formula is C12H14BrN3. The third-order valence-corrected chi connectivity index (χ3v) is 3.13. The minimum absolute atomic E-state index is 0.676. The lowest BCUT2D eigenvalue weighted by Gasteiger charge is -2.11. The Bertz CT molecular complexity index is 537. The van der Waals surface area contributed by atoms with Gasteiger partial charge in [-0.15, -0.1) is 0 Å². The van der Waals surface area contributed by atoms with Crippen molar-refractivity contribution < 1.29 is 0 Å². The van der Waals surface area contributed by atoms with Crippen LogP contribution in [0.4, 0.5) is 11.4 Å². The van der Waals surface area contributed by atoms with Gasteiger partial charge in [0.1, 0.15) is 0 Å². The number of benzene rings is 1. The number of anilines is 2. The van der Waals surface area contributed by atoms with Crippen LogP contribution in [0.25, 0.3) is 10.9 Å². The molecule has 0 amide bonds. The van der Waals surface area contributed by atoms with E-state index in [4.69, 9.17) is 5.73 Å². The van der Waals surface area contributed by atoms with Crippen molar-refractivity contribution >= 4 is 38.2 Å². The van der Waals surface area contributed by atoms with Gasteiger partial charge >= 0.3 is 0 Å².